The molecule has 8 heteroatoms. The van der Waals surface area contributed by atoms with Gasteiger partial charge in [-0.3, -0.25) is 9.69 Å². The van der Waals surface area contributed by atoms with Crippen molar-refractivity contribution < 1.29 is 9.53 Å². The number of methoxy groups -OCH3 is 1. The van der Waals surface area contributed by atoms with E-state index < -0.39 is 0 Å². The molecule has 4 rings (SSSR count). The van der Waals surface area contributed by atoms with E-state index in [4.69, 9.17) is 16.3 Å². The number of thioether (sulfide) groups is 1. The number of halogens is 2. The number of allylic oxidation sites excluding steroid dienone is 1. The van der Waals surface area contributed by atoms with Crippen molar-refractivity contribution in [2.75, 3.05) is 24.6 Å². The van der Waals surface area contributed by atoms with Gasteiger partial charge in [-0.2, -0.15) is 5.26 Å². The first-order chi connectivity index (χ1) is 14.0. The van der Waals surface area contributed by atoms with Crippen molar-refractivity contribution in [2.24, 2.45) is 0 Å². The van der Waals surface area contributed by atoms with Crippen LogP contribution in [0.2, 0.25) is 5.02 Å². The Labute approximate surface area is 187 Å². The van der Waals surface area contributed by atoms with Crippen LogP contribution in [-0.2, 0) is 4.79 Å². The first-order valence-corrected chi connectivity index (χ1v) is 11.1. The Hall–Kier alpha value is -2.14. The van der Waals surface area contributed by atoms with Crippen LogP contribution < -0.4 is 9.64 Å². The number of fused-ring (bicyclic) bond motifs is 1. The van der Waals surface area contributed by atoms with Crippen LogP contribution in [0.3, 0.4) is 0 Å². The maximum absolute atomic E-state index is 13.1. The Morgan fingerprint density at radius 3 is 2.72 bits per heavy atom. The molecule has 2 aliphatic heterocycles. The van der Waals surface area contributed by atoms with Crippen LogP contribution in [-0.4, -0.2) is 30.5 Å². The largest absolute Gasteiger partial charge is 0.496 e. The molecule has 0 aromatic heterocycles. The molecule has 0 aliphatic carbocycles. The fraction of sp³-hybridized carbons (Fsp3) is 0.238. The Balaban J connectivity index is 1.70. The van der Waals surface area contributed by atoms with Crippen molar-refractivity contribution in [3.8, 4) is 11.8 Å². The monoisotopic (exact) mass is 489 g/mol. The molecular weight excluding hydrogens is 474 g/mol. The number of hydrogen-bond donors (Lipinski definition) is 0. The van der Waals surface area contributed by atoms with E-state index in [0.29, 0.717) is 28.9 Å². The number of rotatable bonds is 3. The van der Waals surface area contributed by atoms with E-state index in [0.717, 1.165) is 20.8 Å². The molecule has 0 N–H and O–H groups in total. The zero-order valence-corrected chi connectivity index (χ0v) is 18.7. The summed E-state index contributed by atoms with van der Waals surface area (Å²) in [6.45, 7) is 0.413. The molecule has 1 atom stereocenters. The van der Waals surface area contributed by atoms with Crippen LogP contribution in [0, 0.1) is 11.3 Å². The minimum Gasteiger partial charge on any atom is -0.496 e. The van der Waals surface area contributed by atoms with Gasteiger partial charge in [0.05, 0.1) is 36.3 Å². The van der Waals surface area contributed by atoms with E-state index in [1.807, 2.05) is 42.5 Å². The first kappa shape index (κ1) is 20.1. The Kier molecular flexibility index (Phi) is 5.77. The van der Waals surface area contributed by atoms with Crippen molar-refractivity contribution in [3.63, 3.8) is 0 Å². The topological polar surface area (TPSA) is 56.6 Å². The van der Waals surface area contributed by atoms with Gasteiger partial charge in [-0.05, 0) is 42.5 Å². The quantitative estimate of drug-likeness (QED) is 0.582. The van der Waals surface area contributed by atoms with Crippen molar-refractivity contribution in [3.05, 3.63) is 68.1 Å². The zero-order valence-electron chi connectivity index (χ0n) is 15.6. The van der Waals surface area contributed by atoms with Gasteiger partial charge in [0.2, 0.25) is 5.91 Å². The maximum Gasteiger partial charge on any atom is 0.229 e. The number of ether oxygens (including phenoxy) is 1. The third kappa shape index (κ3) is 3.85. The summed E-state index contributed by atoms with van der Waals surface area (Å²) >= 11 is 11.0. The van der Waals surface area contributed by atoms with Gasteiger partial charge in [0.1, 0.15) is 5.75 Å². The summed E-state index contributed by atoms with van der Waals surface area (Å²) in [6.07, 6.45) is 0.230. The van der Waals surface area contributed by atoms with Gasteiger partial charge >= 0.3 is 0 Å². The summed E-state index contributed by atoms with van der Waals surface area (Å²) in [5.41, 5.74) is 2.45. The molecule has 0 bridgehead atoms. The minimum absolute atomic E-state index is 0.00260. The lowest BCUT2D eigenvalue weighted by Gasteiger charge is -2.42. The lowest BCUT2D eigenvalue weighted by atomic mass is 9.86. The fourth-order valence-electron chi connectivity index (χ4n) is 3.62. The standard InChI is InChI=1S/C21H17BrClN3O2S/c1-28-19-7-2-13(22)8-17(19)16-9-20(27)26-11-25(12-29-21(26)18(16)10-24)15-5-3-14(23)4-6-15/h2-8,16H,9,11-12H2,1H3/t16-/m1/s1. The van der Waals surface area contributed by atoms with Crippen LogP contribution in [0.25, 0.3) is 0 Å². The van der Waals surface area contributed by atoms with Gasteiger partial charge in [-0.25, -0.2) is 0 Å². The number of anilines is 1. The highest BCUT2D eigenvalue weighted by atomic mass is 79.9. The highest BCUT2D eigenvalue weighted by molar-refractivity contribution is 9.10. The summed E-state index contributed by atoms with van der Waals surface area (Å²) in [6, 6.07) is 15.6. The van der Waals surface area contributed by atoms with Crippen molar-refractivity contribution in [1.82, 2.24) is 4.90 Å². The molecule has 29 heavy (non-hydrogen) atoms. The number of nitrogens with zero attached hydrogens (tertiary/aromatic N) is 3. The van der Waals surface area contributed by atoms with Gasteiger partial charge in [-0.15, -0.1) is 0 Å². The number of nitriles is 1. The van der Waals surface area contributed by atoms with Gasteiger partial charge in [0.25, 0.3) is 0 Å². The molecule has 5 nitrogen and oxygen atoms in total. The van der Waals surface area contributed by atoms with Crippen molar-refractivity contribution >= 4 is 50.9 Å². The predicted molar refractivity (Wildman–Crippen MR) is 119 cm³/mol. The third-order valence-electron chi connectivity index (χ3n) is 5.05. The molecule has 2 aliphatic rings. The van der Waals surface area contributed by atoms with E-state index in [-0.39, 0.29) is 18.2 Å². The van der Waals surface area contributed by atoms with Gasteiger partial charge in [0, 0.05) is 33.1 Å². The highest BCUT2D eigenvalue weighted by Gasteiger charge is 2.39. The lowest BCUT2D eigenvalue weighted by molar-refractivity contribution is -0.129. The van der Waals surface area contributed by atoms with Crippen molar-refractivity contribution in [1.29, 1.82) is 5.26 Å². The second kappa shape index (κ2) is 8.31. The van der Waals surface area contributed by atoms with E-state index in [2.05, 4.69) is 26.9 Å². The lowest BCUT2D eigenvalue weighted by Crippen LogP contribution is -2.47. The molecule has 148 valence electrons. The highest BCUT2D eigenvalue weighted by Crippen LogP contribution is 2.45. The molecule has 2 aromatic carbocycles. The van der Waals surface area contributed by atoms with E-state index in [9.17, 15) is 10.1 Å². The van der Waals surface area contributed by atoms with Crippen molar-refractivity contribution in [2.45, 2.75) is 12.3 Å². The predicted octanol–water partition coefficient (Wildman–Crippen LogP) is 5.33. The number of benzene rings is 2. The van der Waals surface area contributed by atoms with Crippen LogP contribution in [0.4, 0.5) is 5.69 Å². The first-order valence-electron chi connectivity index (χ1n) is 8.93. The smallest absolute Gasteiger partial charge is 0.229 e. The summed E-state index contributed by atoms with van der Waals surface area (Å²) in [5.74, 6) is 1.00. The molecule has 0 unspecified atom stereocenters. The number of hydrogen-bond acceptors (Lipinski definition) is 5. The molecule has 0 spiro atoms. The summed E-state index contributed by atoms with van der Waals surface area (Å²) in [5, 5.41) is 11.4. The molecule has 1 saturated heterocycles. The summed E-state index contributed by atoms with van der Waals surface area (Å²) < 4.78 is 6.38. The second-order valence-electron chi connectivity index (χ2n) is 6.73. The van der Waals surface area contributed by atoms with E-state index in [1.54, 1.807) is 12.0 Å². The summed E-state index contributed by atoms with van der Waals surface area (Å²) in [4.78, 5) is 16.9. The van der Waals surface area contributed by atoms with Gasteiger partial charge in [0.15, 0.2) is 0 Å². The summed E-state index contributed by atoms with van der Waals surface area (Å²) in [7, 11) is 1.60. The maximum atomic E-state index is 13.1. The Morgan fingerprint density at radius 1 is 1.28 bits per heavy atom. The molecule has 2 heterocycles. The normalized spacial score (nSPS) is 19.1. The SMILES string of the molecule is COc1ccc(Br)cc1[C@H]1CC(=O)N2CN(c3ccc(Cl)cc3)CSC2=C1C#N. The average Bonchev–Trinajstić information content (AvgIpc) is 2.74. The molecule has 0 saturated carbocycles. The van der Waals surface area contributed by atoms with Crippen LogP contribution in [0.15, 0.2) is 57.5 Å². The molecular formula is C21H17BrClN3O2S. The molecule has 2 aromatic rings. The van der Waals surface area contributed by atoms with Crippen LogP contribution in [0.1, 0.15) is 17.9 Å². The van der Waals surface area contributed by atoms with Gasteiger partial charge in [-0.1, -0.05) is 39.3 Å². The number of carbonyl (C=O) groups excluding carboxylic acids is 1. The van der Waals surface area contributed by atoms with Crippen LogP contribution in [0.5, 0.6) is 5.75 Å². The fourth-order valence-corrected chi connectivity index (χ4v) is 5.29. The zero-order chi connectivity index (χ0) is 20.5. The van der Waals surface area contributed by atoms with E-state index in [1.165, 1.54) is 11.8 Å². The second-order valence-corrected chi connectivity index (χ2v) is 9.01. The number of amides is 1. The molecule has 1 amide bonds. The average molecular weight is 491 g/mol. The molecule has 0 radical (unpaired) electrons. The van der Waals surface area contributed by atoms with E-state index >= 15 is 0 Å². The minimum atomic E-state index is -0.319. The molecule has 1 fully saturated rings. The van der Waals surface area contributed by atoms with Gasteiger partial charge < -0.3 is 9.64 Å². The Morgan fingerprint density at radius 2 is 2.03 bits per heavy atom. The van der Waals surface area contributed by atoms with Crippen LogP contribution >= 0.6 is 39.3 Å². The third-order valence-corrected chi connectivity index (χ3v) is 6.95. The Bertz CT molecular complexity index is 1040. The number of carbonyl (C=O) groups is 1.